The third-order valence-electron chi connectivity index (χ3n) is 4.47. The minimum atomic E-state index is -0.399. The zero-order valence-corrected chi connectivity index (χ0v) is 15.5. The molecule has 0 spiro atoms. The van der Waals surface area contributed by atoms with Crippen molar-refractivity contribution in [1.29, 1.82) is 0 Å². The van der Waals surface area contributed by atoms with Crippen LogP contribution in [0.3, 0.4) is 0 Å². The summed E-state index contributed by atoms with van der Waals surface area (Å²) in [5.41, 5.74) is 2.49. The number of nitrogens with zero attached hydrogens (tertiary/aromatic N) is 4. The van der Waals surface area contributed by atoms with Gasteiger partial charge in [0.1, 0.15) is 23.0 Å². The van der Waals surface area contributed by atoms with Crippen LogP contribution < -0.4 is 10.6 Å². The molecule has 5 heterocycles. The van der Waals surface area contributed by atoms with Gasteiger partial charge in [-0.05, 0) is 48.5 Å². The number of hydrogen-bond acceptors (Lipinski definition) is 6. The van der Waals surface area contributed by atoms with Gasteiger partial charge in [0.25, 0.3) is 11.8 Å². The van der Waals surface area contributed by atoms with Crippen LogP contribution in [0.4, 0.5) is 11.6 Å². The van der Waals surface area contributed by atoms with Crippen LogP contribution in [0.15, 0.2) is 72.8 Å². The van der Waals surface area contributed by atoms with Gasteiger partial charge in [-0.3, -0.25) is 9.59 Å². The fraction of sp³-hybridized carbons (Fsp3) is 0. The Kier molecular flexibility index (Phi) is 4.21. The summed E-state index contributed by atoms with van der Waals surface area (Å²) in [6, 6.07) is 20.6. The third-order valence-corrected chi connectivity index (χ3v) is 4.47. The molecule has 1 aliphatic heterocycles. The number of carbonyl (C=O) groups excluding carboxylic acids is 2. The number of hydrogen-bond donors (Lipinski definition) is 2. The van der Waals surface area contributed by atoms with Gasteiger partial charge in [-0.1, -0.05) is 24.3 Å². The Morgan fingerprint density at radius 1 is 0.433 bits per heavy atom. The van der Waals surface area contributed by atoms with Crippen LogP contribution in [-0.2, 0) is 0 Å². The molecule has 0 saturated heterocycles. The molecule has 2 amide bonds. The lowest BCUT2D eigenvalue weighted by Gasteiger charge is -2.10. The van der Waals surface area contributed by atoms with Gasteiger partial charge in [0, 0.05) is 0 Å². The summed E-state index contributed by atoms with van der Waals surface area (Å²) in [6.45, 7) is 0. The van der Waals surface area contributed by atoms with Gasteiger partial charge < -0.3 is 10.6 Å². The highest BCUT2D eigenvalue weighted by molar-refractivity contribution is 6.03. The lowest BCUT2D eigenvalue weighted by Crippen LogP contribution is -2.16. The zero-order chi connectivity index (χ0) is 20.5. The van der Waals surface area contributed by atoms with E-state index < -0.39 is 11.8 Å². The SMILES string of the molecule is O=C1Nc2cccc(n2)-c2cccc(n2)NC(=O)c2cccc(n2)-c2cccc1n2. The minimum absolute atomic E-state index is 0.212. The monoisotopic (exact) mass is 394 g/mol. The van der Waals surface area contributed by atoms with E-state index in [4.69, 9.17) is 0 Å². The maximum absolute atomic E-state index is 12.7. The molecule has 0 aliphatic carbocycles. The lowest BCUT2D eigenvalue weighted by atomic mass is 10.2. The summed E-state index contributed by atoms with van der Waals surface area (Å²) in [5, 5.41) is 5.53. The van der Waals surface area contributed by atoms with Gasteiger partial charge in [-0.15, -0.1) is 0 Å². The maximum Gasteiger partial charge on any atom is 0.275 e. The van der Waals surface area contributed by atoms with Crippen molar-refractivity contribution in [3.63, 3.8) is 0 Å². The predicted octanol–water partition coefficient (Wildman–Crippen LogP) is 3.42. The van der Waals surface area contributed by atoms with Gasteiger partial charge in [-0.25, -0.2) is 19.9 Å². The van der Waals surface area contributed by atoms with Crippen LogP contribution in [0.1, 0.15) is 21.0 Å². The van der Waals surface area contributed by atoms with Crippen molar-refractivity contribution in [2.75, 3.05) is 10.6 Å². The molecule has 0 aromatic carbocycles. The first kappa shape index (κ1) is 17.6. The highest BCUT2D eigenvalue weighted by atomic mass is 16.2. The largest absolute Gasteiger partial charge is 0.305 e. The maximum atomic E-state index is 12.7. The Labute approximate surface area is 171 Å². The molecule has 5 rings (SSSR count). The van der Waals surface area contributed by atoms with E-state index in [9.17, 15) is 9.59 Å². The van der Waals surface area contributed by atoms with E-state index in [-0.39, 0.29) is 11.4 Å². The molecule has 0 unspecified atom stereocenters. The summed E-state index contributed by atoms with van der Waals surface area (Å²) in [7, 11) is 0. The summed E-state index contributed by atoms with van der Waals surface area (Å²) >= 11 is 0. The number of rotatable bonds is 0. The molecule has 0 radical (unpaired) electrons. The number of pyridine rings is 4. The molecule has 8 bridgehead atoms. The van der Waals surface area contributed by atoms with Crippen LogP contribution in [0.25, 0.3) is 22.8 Å². The Bertz CT molecular complexity index is 1200. The van der Waals surface area contributed by atoms with Gasteiger partial charge in [0.2, 0.25) is 0 Å². The van der Waals surface area contributed by atoms with Crippen LogP contribution in [-0.4, -0.2) is 31.8 Å². The molecule has 0 atom stereocenters. The van der Waals surface area contributed by atoms with Gasteiger partial charge in [0.05, 0.1) is 22.8 Å². The van der Waals surface area contributed by atoms with Crippen LogP contribution in [0.5, 0.6) is 0 Å². The Balaban J connectivity index is 1.68. The fourth-order valence-corrected chi connectivity index (χ4v) is 3.06. The molecular formula is C22H14N6O2. The molecule has 1 aliphatic rings. The molecule has 0 saturated carbocycles. The Morgan fingerprint density at radius 2 is 0.767 bits per heavy atom. The minimum Gasteiger partial charge on any atom is -0.305 e. The first-order valence-corrected chi connectivity index (χ1v) is 9.17. The van der Waals surface area contributed by atoms with E-state index in [0.29, 0.717) is 34.4 Å². The molecule has 144 valence electrons. The second-order valence-corrected chi connectivity index (χ2v) is 6.54. The molecule has 0 fully saturated rings. The average molecular weight is 394 g/mol. The van der Waals surface area contributed by atoms with E-state index in [2.05, 4.69) is 30.6 Å². The van der Waals surface area contributed by atoms with Gasteiger partial charge in [0.15, 0.2) is 0 Å². The van der Waals surface area contributed by atoms with Gasteiger partial charge in [-0.2, -0.15) is 0 Å². The summed E-state index contributed by atoms with van der Waals surface area (Å²) in [6.07, 6.45) is 0. The van der Waals surface area contributed by atoms with Crippen molar-refractivity contribution in [3.8, 4) is 22.8 Å². The van der Waals surface area contributed by atoms with Crippen molar-refractivity contribution in [1.82, 2.24) is 19.9 Å². The van der Waals surface area contributed by atoms with E-state index in [1.54, 1.807) is 72.8 Å². The topological polar surface area (TPSA) is 110 Å². The van der Waals surface area contributed by atoms with Crippen molar-refractivity contribution < 1.29 is 9.59 Å². The molecule has 2 N–H and O–H groups in total. The number of anilines is 2. The molecule has 8 nitrogen and oxygen atoms in total. The van der Waals surface area contributed by atoms with Crippen LogP contribution in [0.2, 0.25) is 0 Å². The smallest absolute Gasteiger partial charge is 0.275 e. The van der Waals surface area contributed by atoms with Crippen molar-refractivity contribution >= 4 is 23.5 Å². The number of fused-ring (bicyclic) bond motifs is 10. The lowest BCUT2D eigenvalue weighted by molar-refractivity contribution is 0.101. The fourth-order valence-electron chi connectivity index (χ4n) is 3.06. The Hall–Kier alpha value is -4.46. The second kappa shape index (κ2) is 7.17. The second-order valence-electron chi connectivity index (χ2n) is 6.54. The van der Waals surface area contributed by atoms with Gasteiger partial charge >= 0.3 is 0 Å². The van der Waals surface area contributed by atoms with Crippen molar-refractivity contribution in [3.05, 3.63) is 84.2 Å². The standard InChI is InChI=1S/C22H14N6O2/c29-21-17-9-1-5-13(23-17)14-6-2-10-18(24-14)22(30)28-20-12-4-8-16(26-20)15-7-3-11-19(25-15)27-21/h1-12H,(H,25,27,29)(H,26,28,30). The molecular weight excluding hydrogens is 380 g/mol. The molecule has 4 aromatic rings. The average Bonchev–Trinajstić information content (AvgIpc) is 2.79. The van der Waals surface area contributed by atoms with Crippen molar-refractivity contribution in [2.24, 2.45) is 0 Å². The highest BCUT2D eigenvalue weighted by Crippen LogP contribution is 2.21. The molecule has 30 heavy (non-hydrogen) atoms. The van der Waals surface area contributed by atoms with E-state index in [1.807, 2.05) is 0 Å². The van der Waals surface area contributed by atoms with Crippen LogP contribution >= 0.6 is 0 Å². The Morgan fingerprint density at radius 3 is 1.20 bits per heavy atom. The normalized spacial score (nSPS) is 12.7. The number of amides is 2. The summed E-state index contributed by atoms with van der Waals surface area (Å²) < 4.78 is 0. The van der Waals surface area contributed by atoms with Crippen molar-refractivity contribution in [2.45, 2.75) is 0 Å². The highest BCUT2D eigenvalue weighted by Gasteiger charge is 2.15. The third kappa shape index (κ3) is 3.37. The quantitative estimate of drug-likeness (QED) is 0.473. The van der Waals surface area contributed by atoms with E-state index in [1.165, 1.54) is 0 Å². The number of nitrogens with one attached hydrogen (secondary N) is 2. The molecule has 8 heteroatoms. The number of aromatic nitrogens is 4. The number of carbonyl (C=O) groups is 2. The van der Waals surface area contributed by atoms with Crippen LogP contribution in [0, 0.1) is 0 Å². The summed E-state index contributed by atoms with van der Waals surface area (Å²) in [5.74, 6) is -0.0604. The molecule has 4 aromatic heterocycles. The first-order chi connectivity index (χ1) is 14.7. The first-order valence-electron chi connectivity index (χ1n) is 9.17. The summed E-state index contributed by atoms with van der Waals surface area (Å²) in [4.78, 5) is 43.2. The van der Waals surface area contributed by atoms with E-state index >= 15 is 0 Å². The zero-order valence-electron chi connectivity index (χ0n) is 15.5. The predicted molar refractivity (Wildman–Crippen MR) is 111 cm³/mol. The van der Waals surface area contributed by atoms with E-state index in [0.717, 1.165) is 0 Å².